The molecule has 11 nitrogen and oxygen atoms in total. The first-order chi connectivity index (χ1) is 16.3. The molecule has 36 heavy (non-hydrogen) atoms. The third kappa shape index (κ3) is 9.83. The van der Waals surface area contributed by atoms with Crippen molar-refractivity contribution >= 4 is 22.9 Å². The van der Waals surface area contributed by atoms with Gasteiger partial charge in [0.15, 0.2) is 0 Å². The molecule has 0 N–H and O–H groups in total. The summed E-state index contributed by atoms with van der Waals surface area (Å²) in [5.74, 6) is -2.72. The van der Waals surface area contributed by atoms with Crippen molar-refractivity contribution in [1.82, 2.24) is 4.98 Å². The second-order valence-electron chi connectivity index (χ2n) is 6.98. The first kappa shape index (κ1) is 32.1. The van der Waals surface area contributed by atoms with Gasteiger partial charge in [-0.05, 0) is 24.6 Å². The van der Waals surface area contributed by atoms with Crippen LogP contribution in [0.3, 0.4) is 0 Å². The van der Waals surface area contributed by atoms with Gasteiger partial charge in [0.05, 0.1) is 49.8 Å². The van der Waals surface area contributed by atoms with Gasteiger partial charge in [0.1, 0.15) is 30.3 Å². The molecule has 13 heteroatoms. The molecule has 2 aromatic heterocycles. The molecule has 1 aromatic carbocycles. The fourth-order valence-electron chi connectivity index (χ4n) is 2.95. The summed E-state index contributed by atoms with van der Waals surface area (Å²) in [6.07, 6.45) is 0. The zero-order valence-electron chi connectivity index (χ0n) is 20.2. The van der Waals surface area contributed by atoms with Gasteiger partial charge in [-0.3, -0.25) is 0 Å². The minimum absolute atomic E-state index is 0. The number of hydrogen-bond acceptors (Lipinski definition) is 11. The summed E-state index contributed by atoms with van der Waals surface area (Å²) in [7, 11) is 0. The number of carbonyl (C=O) groups excluding carboxylic acids is 2. The summed E-state index contributed by atoms with van der Waals surface area (Å²) in [6, 6.07) is 8.80. The van der Waals surface area contributed by atoms with Crippen LogP contribution in [-0.2, 0) is 9.47 Å². The molecular weight excluding hydrogens is 496 g/mol. The number of benzene rings is 1. The number of aromatic carboxylic acids is 2. The van der Waals surface area contributed by atoms with Crippen molar-refractivity contribution in [3.8, 4) is 11.5 Å². The molecule has 0 aliphatic rings. The second kappa shape index (κ2) is 16.0. The van der Waals surface area contributed by atoms with Crippen molar-refractivity contribution in [3.63, 3.8) is 0 Å². The van der Waals surface area contributed by atoms with E-state index in [0.717, 1.165) is 23.1 Å². The van der Waals surface area contributed by atoms with Crippen molar-refractivity contribution in [2.75, 3.05) is 39.6 Å². The van der Waals surface area contributed by atoms with Crippen LogP contribution in [0.5, 0.6) is 11.5 Å². The molecule has 0 atom stereocenters. The van der Waals surface area contributed by atoms with E-state index in [2.05, 4.69) is 4.98 Å². The molecule has 0 radical (unpaired) electrons. The largest absolute Gasteiger partial charge is 1.00 e. The minimum atomic E-state index is -1.63. The summed E-state index contributed by atoms with van der Waals surface area (Å²) in [6.45, 7) is 3.21. The van der Waals surface area contributed by atoms with E-state index >= 15 is 0 Å². The van der Waals surface area contributed by atoms with Gasteiger partial charge in [0, 0.05) is 29.7 Å². The van der Waals surface area contributed by atoms with Crippen molar-refractivity contribution in [3.05, 3.63) is 63.8 Å². The molecule has 0 aliphatic carbocycles. The molecule has 0 amide bonds. The maximum absolute atomic E-state index is 11.5. The van der Waals surface area contributed by atoms with E-state index in [1.807, 2.05) is 13.0 Å². The van der Waals surface area contributed by atoms with Crippen molar-refractivity contribution in [2.45, 2.75) is 6.92 Å². The zero-order valence-corrected chi connectivity index (χ0v) is 24.2. The molecule has 0 saturated carbocycles. The van der Waals surface area contributed by atoms with E-state index in [4.69, 9.17) is 23.4 Å². The first-order valence-corrected chi connectivity index (χ1v) is 10.2. The summed E-state index contributed by atoms with van der Waals surface area (Å²) in [4.78, 5) is 36.7. The number of aryl methyl sites for hydroxylation is 1. The number of fused-ring (bicyclic) bond motifs is 1. The third-order valence-electron chi connectivity index (χ3n) is 4.50. The van der Waals surface area contributed by atoms with Crippen molar-refractivity contribution in [2.24, 2.45) is 0 Å². The minimum Gasteiger partial charge on any atom is -0.543 e. The van der Waals surface area contributed by atoms with E-state index in [0.29, 0.717) is 24.5 Å². The van der Waals surface area contributed by atoms with Gasteiger partial charge in [-0.2, -0.15) is 0 Å². The first-order valence-electron chi connectivity index (χ1n) is 10.2. The monoisotopic (exact) mass is 517 g/mol. The number of carboxylic acid groups (broad SMARTS) is 2. The van der Waals surface area contributed by atoms with Gasteiger partial charge in [-0.25, -0.2) is 9.78 Å². The Morgan fingerprint density at radius 3 is 1.89 bits per heavy atom. The number of pyridine rings is 1. The molecule has 0 unspecified atom stereocenters. The van der Waals surface area contributed by atoms with E-state index in [1.54, 1.807) is 12.1 Å². The molecular formula is C23H21NNa2O10. The normalized spacial score (nSPS) is 10.2. The maximum atomic E-state index is 11.5. The molecule has 0 bridgehead atoms. The molecule has 0 aliphatic heterocycles. The fraction of sp³-hybridized carbons (Fsp3) is 0.304. The Morgan fingerprint density at radius 2 is 1.33 bits per heavy atom. The zero-order chi connectivity index (χ0) is 24.5. The number of carboxylic acids is 2. The second-order valence-corrected chi connectivity index (χ2v) is 6.98. The molecule has 0 fully saturated rings. The molecule has 0 saturated heterocycles. The average Bonchev–Trinajstić information content (AvgIpc) is 2.79. The topological polar surface area (TPSA) is 160 Å². The summed E-state index contributed by atoms with van der Waals surface area (Å²) < 4.78 is 26.8. The number of nitrogens with zero attached hydrogens (tertiary/aromatic N) is 1. The van der Waals surface area contributed by atoms with Gasteiger partial charge in [0.25, 0.3) is 0 Å². The van der Waals surface area contributed by atoms with Crippen LogP contribution < -0.4 is 84.4 Å². The van der Waals surface area contributed by atoms with E-state index < -0.39 is 29.0 Å². The Morgan fingerprint density at radius 1 is 0.806 bits per heavy atom. The van der Waals surface area contributed by atoms with Gasteiger partial charge in [0.2, 0.25) is 0 Å². The van der Waals surface area contributed by atoms with Gasteiger partial charge in [-0.15, -0.1) is 0 Å². The molecule has 3 rings (SSSR count). The molecule has 3 aromatic rings. The van der Waals surface area contributed by atoms with Crippen LogP contribution in [-0.4, -0.2) is 56.6 Å². The van der Waals surface area contributed by atoms with Crippen LogP contribution >= 0.6 is 0 Å². The number of ether oxygens (including phenoxy) is 4. The third-order valence-corrected chi connectivity index (χ3v) is 4.50. The number of rotatable bonds is 13. The van der Waals surface area contributed by atoms with Crippen LogP contribution in [0.15, 0.2) is 45.6 Å². The smallest absolute Gasteiger partial charge is 0.543 e. The van der Waals surface area contributed by atoms with E-state index in [1.165, 1.54) is 6.07 Å². The predicted octanol–water partition coefficient (Wildman–Crippen LogP) is -6.28. The van der Waals surface area contributed by atoms with Gasteiger partial charge < -0.3 is 43.2 Å². The number of aromatic nitrogens is 1. The Hall–Kier alpha value is -1.96. The van der Waals surface area contributed by atoms with Crippen molar-refractivity contribution < 1.29 is 102 Å². The van der Waals surface area contributed by atoms with Crippen LogP contribution in [0.2, 0.25) is 0 Å². The van der Waals surface area contributed by atoms with Crippen LogP contribution in [0.4, 0.5) is 0 Å². The maximum Gasteiger partial charge on any atom is 1.00 e. The summed E-state index contributed by atoms with van der Waals surface area (Å²) in [5.41, 5.74) is -0.274. The molecule has 0 spiro atoms. The number of hydrogen-bond donors (Lipinski definition) is 0. The average molecular weight is 517 g/mol. The Labute approximate surface area is 250 Å². The summed E-state index contributed by atoms with van der Waals surface area (Å²) in [5, 5.41) is 22.6. The molecule has 180 valence electrons. The van der Waals surface area contributed by atoms with Gasteiger partial charge in [-0.1, -0.05) is 0 Å². The van der Waals surface area contributed by atoms with Gasteiger partial charge >= 0.3 is 64.7 Å². The summed E-state index contributed by atoms with van der Waals surface area (Å²) >= 11 is 0. The van der Waals surface area contributed by atoms with Crippen LogP contribution in [0.1, 0.15) is 26.5 Å². The van der Waals surface area contributed by atoms with Crippen molar-refractivity contribution in [1.29, 1.82) is 0 Å². The van der Waals surface area contributed by atoms with E-state index in [-0.39, 0.29) is 91.3 Å². The van der Waals surface area contributed by atoms with Crippen LogP contribution in [0.25, 0.3) is 11.0 Å². The standard InChI is InChI=1S/C23H23NO10.2Na/c1-14-10-21(25)34-20-13-15(2-3-17(14)20)32-8-6-30-4-5-31-7-9-33-16-11-18(22(26)27)24-19(12-16)23(28)29;;/h2-3,10-13H,4-9H2,1H3,(H,26,27)(H,28,29);;/q;2*+1/p-2. The number of carbonyl (C=O) groups is 2. The quantitative estimate of drug-likeness (QED) is 0.121. The Balaban J connectivity index is 0.00000324. The Bertz CT molecular complexity index is 1200. The fourth-order valence-corrected chi connectivity index (χ4v) is 2.95. The Kier molecular flexibility index (Phi) is 14.3. The van der Waals surface area contributed by atoms with E-state index in [9.17, 15) is 24.6 Å². The van der Waals surface area contributed by atoms with Crippen LogP contribution in [0, 0.1) is 6.92 Å². The SMILES string of the molecule is Cc1cc(=O)oc2cc(OCCOCCOCCOc3cc(C(=O)[O-])nc(C(=O)[O-])c3)ccc12.[Na+].[Na+]. The predicted molar refractivity (Wildman–Crippen MR) is 113 cm³/mol. The molecule has 2 heterocycles.